The molecule has 4 rings (SSSR count). The molecule has 160 valence electrons. The minimum atomic E-state index is -0.606. The Bertz CT molecular complexity index is 614. The van der Waals surface area contributed by atoms with Gasteiger partial charge >= 0.3 is 0 Å². The van der Waals surface area contributed by atoms with Gasteiger partial charge in [-0.05, 0) is 86.4 Å². The standard InChI is InChI=1S/C24H40O4/c1-22-11-7-17(25)15-16(22)5-6-18-19(22)8-12-23(2)20(18)9-13-24(23,26)14-10-21(27-3)28-4/h5,17-21,25-26H,6-15H2,1-4H3/t17-,18?,19?,20?,22-,23-,24+/m0/s1. The Balaban J connectivity index is 1.55. The third kappa shape index (κ3) is 3.02. The fourth-order valence-corrected chi connectivity index (χ4v) is 7.85. The lowest BCUT2D eigenvalue weighted by Crippen LogP contribution is -2.54. The Morgan fingerprint density at radius 1 is 1.07 bits per heavy atom. The number of ether oxygens (including phenoxy) is 2. The number of allylic oxidation sites excluding steroid dienone is 1. The summed E-state index contributed by atoms with van der Waals surface area (Å²) in [7, 11) is 3.35. The quantitative estimate of drug-likeness (QED) is 0.536. The van der Waals surface area contributed by atoms with Crippen molar-refractivity contribution in [3.05, 3.63) is 11.6 Å². The van der Waals surface area contributed by atoms with E-state index in [-0.39, 0.29) is 23.2 Å². The minimum absolute atomic E-state index is 0.00389. The van der Waals surface area contributed by atoms with Crippen LogP contribution in [0.1, 0.15) is 78.1 Å². The van der Waals surface area contributed by atoms with Gasteiger partial charge in [0.15, 0.2) is 6.29 Å². The first-order chi connectivity index (χ1) is 13.3. The van der Waals surface area contributed by atoms with Gasteiger partial charge in [0.1, 0.15) is 0 Å². The summed E-state index contributed by atoms with van der Waals surface area (Å²) in [6.07, 6.45) is 12.1. The van der Waals surface area contributed by atoms with Gasteiger partial charge in [0, 0.05) is 20.6 Å². The second kappa shape index (κ2) is 7.37. The van der Waals surface area contributed by atoms with Crippen molar-refractivity contribution < 1.29 is 19.7 Å². The lowest BCUT2D eigenvalue weighted by Gasteiger charge is -2.59. The van der Waals surface area contributed by atoms with Crippen LogP contribution in [0.15, 0.2) is 11.6 Å². The summed E-state index contributed by atoms with van der Waals surface area (Å²) in [4.78, 5) is 0. The van der Waals surface area contributed by atoms with E-state index in [1.807, 2.05) is 0 Å². The molecule has 0 bridgehead atoms. The molecule has 4 aliphatic rings. The molecule has 7 atom stereocenters. The molecule has 3 saturated carbocycles. The van der Waals surface area contributed by atoms with Crippen LogP contribution in [-0.4, -0.2) is 42.4 Å². The van der Waals surface area contributed by atoms with E-state index < -0.39 is 5.60 Å². The largest absolute Gasteiger partial charge is 0.393 e. The van der Waals surface area contributed by atoms with Gasteiger partial charge in [0.05, 0.1) is 11.7 Å². The topological polar surface area (TPSA) is 58.9 Å². The van der Waals surface area contributed by atoms with E-state index >= 15 is 0 Å². The molecule has 0 aromatic carbocycles. The summed E-state index contributed by atoms with van der Waals surface area (Å²) in [5, 5.41) is 21.9. The zero-order valence-electron chi connectivity index (χ0n) is 18.2. The number of rotatable bonds is 5. The molecule has 0 amide bonds. The predicted octanol–water partition coefficient (Wildman–Crippen LogP) is 4.44. The molecule has 4 aliphatic carbocycles. The molecule has 3 fully saturated rings. The lowest BCUT2D eigenvalue weighted by molar-refractivity contribution is -0.151. The van der Waals surface area contributed by atoms with E-state index in [0.29, 0.717) is 17.8 Å². The van der Waals surface area contributed by atoms with Crippen molar-refractivity contribution in [2.24, 2.45) is 28.6 Å². The second-order valence-corrected chi connectivity index (χ2v) is 10.6. The molecule has 0 spiro atoms. The summed E-state index contributed by atoms with van der Waals surface area (Å²) in [5.41, 5.74) is 1.18. The predicted molar refractivity (Wildman–Crippen MR) is 110 cm³/mol. The molecular formula is C24H40O4. The van der Waals surface area contributed by atoms with Crippen molar-refractivity contribution >= 4 is 0 Å². The summed E-state index contributed by atoms with van der Waals surface area (Å²) in [6, 6.07) is 0. The monoisotopic (exact) mass is 392 g/mol. The Hall–Kier alpha value is -0.420. The number of aliphatic hydroxyl groups excluding tert-OH is 1. The van der Waals surface area contributed by atoms with Crippen molar-refractivity contribution in [2.45, 2.75) is 96.1 Å². The van der Waals surface area contributed by atoms with Crippen LogP contribution in [0.2, 0.25) is 0 Å². The molecule has 4 nitrogen and oxygen atoms in total. The van der Waals surface area contributed by atoms with Gasteiger partial charge in [0.2, 0.25) is 0 Å². The average molecular weight is 393 g/mol. The van der Waals surface area contributed by atoms with Crippen molar-refractivity contribution in [2.75, 3.05) is 14.2 Å². The first-order valence-corrected chi connectivity index (χ1v) is 11.4. The lowest BCUT2D eigenvalue weighted by atomic mass is 9.47. The molecule has 0 aromatic rings. The highest BCUT2D eigenvalue weighted by molar-refractivity contribution is 5.26. The summed E-state index contributed by atoms with van der Waals surface area (Å²) < 4.78 is 10.8. The molecule has 0 saturated heterocycles. The van der Waals surface area contributed by atoms with Crippen LogP contribution in [0, 0.1) is 28.6 Å². The molecule has 4 heteroatoms. The van der Waals surface area contributed by atoms with Crippen LogP contribution in [0.25, 0.3) is 0 Å². The van der Waals surface area contributed by atoms with Gasteiger partial charge in [-0.1, -0.05) is 25.5 Å². The molecule has 28 heavy (non-hydrogen) atoms. The number of fused-ring (bicyclic) bond motifs is 5. The molecule has 0 radical (unpaired) electrons. The third-order valence-electron chi connectivity index (χ3n) is 9.72. The summed E-state index contributed by atoms with van der Waals surface area (Å²) in [6.45, 7) is 4.83. The van der Waals surface area contributed by atoms with E-state index in [1.54, 1.807) is 14.2 Å². The van der Waals surface area contributed by atoms with E-state index in [0.717, 1.165) is 57.8 Å². The van der Waals surface area contributed by atoms with E-state index in [1.165, 1.54) is 12.0 Å². The molecule has 0 aromatic heterocycles. The fourth-order valence-electron chi connectivity index (χ4n) is 7.85. The Morgan fingerprint density at radius 3 is 2.50 bits per heavy atom. The highest BCUT2D eigenvalue weighted by Gasteiger charge is 2.63. The summed E-state index contributed by atoms with van der Waals surface area (Å²) >= 11 is 0. The smallest absolute Gasteiger partial charge is 0.156 e. The number of aliphatic hydroxyl groups is 2. The average Bonchev–Trinajstić information content (AvgIpc) is 2.95. The maximum atomic E-state index is 11.7. The van der Waals surface area contributed by atoms with Gasteiger partial charge in [-0.15, -0.1) is 0 Å². The number of methoxy groups -OCH3 is 2. The Labute approximate surface area is 170 Å². The van der Waals surface area contributed by atoms with Crippen molar-refractivity contribution in [3.8, 4) is 0 Å². The maximum Gasteiger partial charge on any atom is 0.156 e. The molecule has 0 heterocycles. The van der Waals surface area contributed by atoms with Gasteiger partial charge < -0.3 is 19.7 Å². The van der Waals surface area contributed by atoms with Gasteiger partial charge in [-0.3, -0.25) is 0 Å². The maximum absolute atomic E-state index is 11.7. The van der Waals surface area contributed by atoms with Crippen molar-refractivity contribution in [1.82, 2.24) is 0 Å². The molecule has 0 aliphatic heterocycles. The van der Waals surface area contributed by atoms with Gasteiger partial charge in [0.25, 0.3) is 0 Å². The number of hydrogen-bond acceptors (Lipinski definition) is 4. The van der Waals surface area contributed by atoms with Gasteiger partial charge in [-0.25, -0.2) is 0 Å². The van der Waals surface area contributed by atoms with E-state index in [2.05, 4.69) is 19.9 Å². The third-order valence-corrected chi connectivity index (χ3v) is 9.72. The highest BCUT2D eigenvalue weighted by atomic mass is 16.7. The van der Waals surface area contributed by atoms with Crippen LogP contribution >= 0.6 is 0 Å². The zero-order chi connectivity index (χ0) is 20.2. The number of hydrogen-bond donors (Lipinski definition) is 2. The van der Waals surface area contributed by atoms with E-state index in [4.69, 9.17) is 9.47 Å². The summed E-state index contributed by atoms with van der Waals surface area (Å²) in [5.74, 6) is 1.99. The van der Waals surface area contributed by atoms with E-state index in [9.17, 15) is 10.2 Å². The zero-order valence-corrected chi connectivity index (χ0v) is 18.2. The van der Waals surface area contributed by atoms with Crippen molar-refractivity contribution in [1.29, 1.82) is 0 Å². The molecular weight excluding hydrogens is 352 g/mol. The fraction of sp³-hybridized carbons (Fsp3) is 0.917. The van der Waals surface area contributed by atoms with Crippen molar-refractivity contribution in [3.63, 3.8) is 0 Å². The molecule has 2 N–H and O–H groups in total. The van der Waals surface area contributed by atoms with Crippen LogP contribution in [0.5, 0.6) is 0 Å². The van der Waals surface area contributed by atoms with Gasteiger partial charge in [-0.2, -0.15) is 0 Å². The molecule has 3 unspecified atom stereocenters. The van der Waals surface area contributed by atoms with Crippen LogP contribution in [0.4, 0.5) is 0 Å². The first kappa shape index (κ1) is 20.8. The Kier molecular flexibility index (Phi) is 5.48. The van der Waals surface area contributed by atoms with Crippen LogP contribution < -0.4 is 0 Å². The minimum Gasteiger partial charge on any atom is -0.393 e. The highest BCUT2D eigenvalue weighted by Crippen LogP contribution is 2.67. The second-order valence-electron chi connectivity index (χ2n) is 10.6. The SMILES string of the molecule is COC(CC[C@]1(O)CCC2C3CC=C4C[C@@H](O)CC[C@]4(C)C3CC[C@@]21C)OC. The first-order valence-electron chi connectivity index (χ1n) is 11.4. The normalized spacial score (nSPS) is 48.0. The van der Waals surface area contributed by atoms with Crippen LogP contribution in [-0.2, 0) is 9.47 Å². The Morgan fingerprint density at radius 2 is 1.79 bits per heavy atom. The van der Waals surface area contributed by atoms with Crippen LogP contribution in [0.3, 0.4) is 0 Å².